The average molecular weight is 322 g/mol. The Labute approximate surface area is 143 Å². The van der Waals surface area contributed by atoms with Crippen molar-refractivity contribution in [3.8, 4) is 0 Å². The van der Waals surface area contributed by atoms with Gasteiger partial charge in [0, 0.05) is 31.1 Å². The van der Waals surface area contributed by atoms with E-state index in [1.165, 1.54) is 5.56 Å². The summed E-state index contributed by atoms with van der Waals surface area (Å²) in [7, 11) is 0. The molecule has 1 saturated heterocycles. The van der Waals surface area contributed by atoms with Crippen LogP contribution in [-0.4, -0.2) is 41.5 Å². The SMILES string of the molecule is C[C@H](O)CN1C[CH][C@H](c2ccccc2)[C@H](C(=O)c2ccccc2)C1. The number of hydrogen-bond acceptors (Lipinski definition) is 3. The van der Waals surface area contributed by atoms with E-state index in [2.05, 4.69) is 23.5 Å². The van der Waals surface area contributed by atoms with E-state index in [9.17, 15) is 9.90 Å². The third kappa shape index (κ3) is 3.92. The van der Waals surface area contributed by atoms with Gasteiger partial charge in [0.05, 0.1) is 6.10 Å². The summed E-state index contributed by atoms with van der Waals surface area (Å²) >= 11 is 0. The summed E-state index contributed by atoms with van der Waals surface area (Å²) in [5, 5.41) is 9.69. The largest absolute Gasteiger partial charge is 0.392 e. The summed E-state index contributed by atoms with van der Waals surface area (Å²) in [5.74, 6) is 0.169. The number of likely N-dealkylation sites (tertiary alicyclic amines) is 1. The first kappa shape index (κ1) is 16.9. The monoisotopic (exact) mass is 322 g/mol. The Hall–Kier alpha value is -1.97. The zero-order valence-electron chi connectivity index (χ0n) is 14.0. The van der Waals surface area contributed by atoms with Crippen LogP contribution in [0.15, 0.2) is 60.7 Å². The predicted octanol–water partition coefficient (Wildman–Crippen LogP) is 3.17. The third-order valence-electron chi connectivity index (χ3n) is 4.61. The van der Waals surface area contributed by atoms with E-state index >= 15 is 0 Å². The Balaban J connectivity index is 1.86. The molecule has 1 N–H and O–H groups in total. The molecule has 0 amide bonds. The standard InChI is InChI=1S/C21H24NO2/c1-16(23)14-22-13-12-19(17-8-4-2-5-9-17)20(15-22)21(24)18-10-6-3-7-11-18/h2-12,16,19-20,23H,13-15H2,1H3/t16-,19+,20+/m0/s1. The molecule has 3 nitrogen and oxygen atoms in total. The maximum Gasteiger partial charge on any atom is 0.167 e. The fourth-order valence-electron chi connectivity index (χ4n) is 3.52. The molecule has 125 valence electrons. The summed E-state index contributed by atoms with van der Waals surface area (Å²) in [6.45, 7) is 3.85. The molecule has 0 aliphatic carbocycles. The maximum atomic E-state index is 13.1. The number of rotatable bonds is 5. The van der Waals surface area contributed by atoms with Crippen molar-refractivity contribution in [2.24, 2.45) is 5.92 Å². The molecular weight excluding hydrogens is 298 g/mol. The lowest BCUT2D eigenvalue weighted by atomic mass is 9.76. The molecule has 1 radical (unpaired) electrons. The van der Waals surface area contributed by atoms with Gasteiger partial charge in [0.25, 0.3) is 0 Å². The van der Waals surface area contributed by atoms with E-state index < -0.39 is 0 Å². The van der Waals surface area contributed by atoms with Crippen LogP contribution >= 0.6 is 0 Å². The Morgan fingerprint density at radius 1 is 1.12 bits per heavy atom. The van der Waals surface area contributed by atoms with E-state index in [-0.39, 0.29) is 23.7 Å². The summed E-state index contributed by atoms with van der Waals surface area (Å²) in [6.07, 6.45) is 1.83. The Bertz CT molecular complexity index is 654. The first-order chi connectivity index (χ1) is 11.6. The van der Waals surface area contributed by atoms with Gasteiger partial charge in [-0.1, -0.05) is 60.7 Å². The molecule has 3 atom stereocenters. The van der Waals surface area contributed by atoms with Crippen molar-refractivity contribution >= 4 is 5.78 Å². The molecule has 0 aromatic heterocycles. The van der Waals surface area contributed by atoms with Crippen LogP contribution in [0, 0.1) is 12.3 Å². The van der Waals surface area contributed by atoms with Gasteiger partial charge in [0.1, 0.15) is 0 Å². The number of nitrogens with zero attached hydrogens (tertiary/aromatic N) is 1. The van der Waals surface area contributed by atoms with E-state index in [0.717, 1.165) is 12.1 Å². The van der Waals surface area contributed by atoms with Crippen molar-refractivity contribution in [1.29, 1.82) is 0 Å². The minimum atomic E-state index is -0.390. The Morgan fingerprint density at radius 2 is 1.75 bits per heavy atom. The summed E-state index contributed by atoms with van der Waals surface area (Å²) < 4.78 is 0. The maximum absolute atomic E-state index is 13.1. The van der Waals surface area contributed by atoms with Gasteiger partial charge in [0.15, 0.2) is 5.78 Å². The zero-order valence-corrected chi connectivity index (χ0v) is 14.0. The number of carbonyl (C=O) groups is 1. The number of ketones is 1. The Kier molecular flexibility index (Phi) is 5.44. The number of piperidine rings is 1. The van der Waals surface area contributed by atoms with Crippen LogP contribution in [-0.2, 0) is 0 Å². The van der Waals surface area contributed by atoms with Gasteiger partial charge < -0.3 is 5.11 Å². The molecule has 0 bridgehead atoms. The summed E-state index contributed by atoms with van der Waals surface area (Å²) in [4.78, 5) is 15.3. The highest BCUT2D eigenvalue weighted by atomic mass is 16.3. The topological polar surface area (TPSA) is 40.5 Å². The highest BCUT2D eigenvalue weighted by Crippen LogP contribution is 2.34. The van der Waals surface area contributed by atoms with Crippen molar-refractivity contribution in [2.45, 2.75) is 18.9 Å². The van der Waals surface area contributed by atoms with Gasteiger partial charge in [0.2, 0.25) is 0 Å². The molecule has 0 saturated carbocycles. The molecular formula is C21H24NO2. The van der Waals surface area contributed by atoms with Gasteiger partial charge in [-0.3, -0.25) is 9.69 Å². The van der Waals surface area contributed by atoms with E-state index in [0.29, 0.717) is 13.1 Å². The quantitative estimate of drug-likeness (QED) is 0.860. The number of hydrogen-bond donors (Lipinski definition) is 1. The van der Waals surface area contributed by atoms with Crippen molar-refractivity contribution in [3.05, 3.63) is 78.2 Å². The lowest BCUT2D eigenvalue weighted by Gasteiger charge is -2.38. The molecule has 3 heteroatoms. The number of benzene rings is 2. The molecule has 1 aliphatic heterocycles. The van der Waals surface area contributed by atoms with Crippen LogP contribution in [0.4, 0.5) is 0 Å². The smallest absolute Gasteiger partial charge is 0.167 e. The van der Waals surface area contributed by atoms with Gasteiger partial charge in [-0.25, -0.2) is 0 Å². The second-order valence-electron chi connectivity index (χ2n) is 6.58. The minimum Gasteiger partial charge on any atom is -0.392 e. The molecule has 24 heavy (non-hydrogen) atoms. The van der Waals surface area contributed by atoms with Gasteiger partial charge in [-0.05, 0) is 24.8 Å². The summed E-state index contributed by atoms with van der Waals surface area (Å²) in [6, 6.07) is 19.8. The second-order valence-corrected chi connectivity index (χ2v) is 6.58. The molecule has 3 rings (SSSR count). The number of β-amino-alcohol motifs (C(OH)–C–C–N with tert-alkyl or cyclic N) is 1. The van der Waals surface area contributed by atoms with Gasteiger partial charge in [-0.2, -0.15) is 0 Å². The van der Waals surface area contributed by atoms with E-state index in [1.807, 2.05) is 48.5 Å². The van der Waals surface area contributed by atoms with Crippen LogP contribution in [0.3, 0.4) is 0 Å². The average Bonchev–Trinajstić information content (AvgIpc) is 2.62. The minimum absolute atomic E-state index is 0.115. The second kappa shape index (κ2) is 7.73. The van der Waals surface area contributed by atoms with Crippen molar-refractivity contribution in [1.82, 2.24) is 4.90 Å². The molecule has 2 aromatic carbocycles. The number of aliphatic hydroxyl groups is 1. The fourth-order valence-corrected chi connectivity index (χ4v) is 3.52. The first-order valence-electron chi connectivity index (χ1n) is 8.53. The van der Waals surface area contributed by atoms with Crippen LogP contribution in [0.5, 0.6) is 0 Å². The van der Waals surface area contributed by atoms with Crippen LogP contribution in [0.1, 0.15) is 28.8 Å². The molecule has 1 fully saturated rings. The lowest BCUT2D eigenvalue weighted by Crippen LogP contribution is -2.45. The van der Waals surface area contributed by atoms with Crippen LogP contribution in [0.2, 0.25) is 0 Å². The predicted molar refractivity (Wildman–Crippen MR) is 95.9 cm³/mol. The van der Waals surface area contributed by atoms with Crippen molar-refractivity contribution in [2.75, 3.05) is 19.6 Å². The normalized spacial score (nSPS) is 22.9. The molecule has 1 aliphatic rings. The molecule has 0 unspecified atom stereocenters. The van der Waals surface area contributed by atoms with Crippen molar-refractivity contribution < 1.29 is 9.90 Å². The molecule has 1 heterocycles. The highest BCUT2D eigenvalue weighted by Gasteiger charge is 2.35. The zero-order chi connectivity index (χ0) is 16.9. The summed E-state index contributed by atoms with van der Waals surface area (Å²) in [5.41, 5.74) is 1.94. The van der Waals surface area contributed by atoms with Crippen LogP contribution in [0.25, 0.3) is 0 Å². The first-order valence-corrected chi connectivity index (χ1v) is 8.53. The number of Topliss-reactive ketones (excluding diaryl/α,β-unsaturated/α-hetero) is 1. The number of carbonyl (C=O) groups excluding carboxylic acids is 1. The van der Waals surface area contributed by atoms with E-state index in [4.69, 9.17) is 0 Å². The van der Waals surface area contributed by atoms with Crippen LogP contribution < -0.4 is 0 Å². The van der Waals surface area contributed by atoms with Gasteiger partial charge in [-0.15, -0.1) is 0 Å². The fraction of sp³-hybridized carbons (Fsp3) is 0.333. The van der Waals surface area contributed by atoms with E-state index in [1.54, 1.807) is 6.92 Å². The highest BCUT2D eigenvalue weighted by molar-refractivity contribution is 5.98. The van der Waals surface area contributed by atoms with Crippen molar-refractivity contribution in [3.63, 3.8) is 0 Å². The third-order valence-corrected chi connectivity index (χ3v) is 4.61. The number of aliphatic hydroxyl groups excluding tert-OH is 1. The Morgan fingerprint density at radius 3 is 2.38 bits per heavy atom. The van der Waals surface area contributed by atoms with Gasteiger partial charge >= 0.3 is 0 Å². The molecule has 2 aromatic rings. The molecule has 0 spiro atoms. The lowest BCUT2D eigenvalue weighted by molar-refractivity contribution is 0.0741.